The fraction of sp³-hybridized carbons (Fsp3) is 0.727. The maximum atomic E-state index is 11.2. The number of unbranched alkanes of at least 4 members (excludes halogenated alkanes) is 1. The molecule has 4 heteroatoms. The number of hydrogen-bond donors (Lipinski definition) is 2. The SMILES string of the molecule is C#CCNCC(=O)NCCCCN(C)C. The highest BCUT2D eigenvalue weighted by Crippen LogP contribution is 1.88. The van der Waals surface area contributed by atoms with Gasteiger partial charge in [0.2, 0.25) is 5.91 Å². The summed E-state index contributed by atoms with van der Waals surface area (Å²) in [4.78, 5) is 13.3. The summed E-state index contributed by atoms with van der Waals surface area (Å²) in [5.41, 5.74) is 0. The zero-order valence-electron chi connectivity index (χ0n) is 9.68. The molecule has 4 nitrogen and oxygen atoms in total. The Labute approximate surface area is 92.4 Å². The molecule has 0 aliphatic rings. The summed E-state index contributed by atoms with van der Waals surface area (Å²) >= 11 is 0. The fourth-order valence-electron chi connectivity index (χ4n) is 1.09. The van der Waals surface area contributed by atoms with Crippen molar-refractivity contribution in [1.29, 1.82) is 0 Å². The average Bonchev–Trinajstić information content (AvgIpc) is 2.17. The third-order valence-electron chi connectivity index (χ3n) is 1.87. The molecule has 0 aromatic heterocycles. The molecule has 0 atom stereocenters. The quantitative estimate of drug-likeness (QED) is 0.427. The second-order valence-electron chi connectivity index (χ2n) is 3.67. The summed E-state index contributed by atoms with van der Waals surface area (Å²) in [6, 6.07) is 0. The van der Waals surface area contributed by atoms with E-state index in [4.69, 9.17) is 6.42 Å². The van der Waals surface area contributed by atoms with Crippen LogP contribution in [0.2, 0.25) is 0 Å². The largest absolute Gasteiger partial charge is 0.355 e. The Kier molecular flexibility index (Phi) is 8.84. The van der Waals surface area contributed by atoms with Crippen LogP contribution in [0.5, 0.6) is 0 Å². The molecule has 0 aromatic carbocycles. The van der Waals surface area contributed by atoms with Crippen LogP contribution in [0.4, 0.5) is 0 Å². The summed E-state index contributed by atoms with van der Waals surface area (Å²) in [5.74, 6) is 2.42. The van der Waals surface area contributed by atoms with Crippen LogP contribution in [0.15, 0.2) is 0 Å². The average molecular weight is 211 g/mol. The Bertz CT molecular complexity index is 208. The number of terminal acetylenes is 1. The van der Waals surface area contributed by atoms with E-state index >= 15 is 0 Å². The number of nitrogens with one attached hydrogen (secondary N) is 2. The van der Waals surface area contributed by atoms with Crippen LogP contribution in [-0.2, 0) is 4.79 Å². The van der Waals surface area contributed by atoms with Crippen molar-refractivity contribution in [2.45, 2.75) is 12.8 Å². The first-order valence-corrected chi connectivity index (χ1v) is 5.22. The highest BCUT2D eigenvalue weighted by Gasteiger charge is 1.98. The van der Waals surface area contributed by atoms with Crippen molar-refractivity contribution < 1.29 is 4.79 Å². The number of nitrogens with zero attached hydrogens (tertiary/aromatic N) is 1. The first kappa shape index (κ1) is 13.9. The van der Waals surface area contributed by atoms with E-state index in [9.17, 15) is 4.79 Å². The molecule has 0 fully saturated rings. The van der Waals surface area contributed by atoms with Crippen molar-refractivity contribution in [3.05, 3.63) is 0 Å². The lowest BCUT2D eigenvalue weighted by atomic mass is 10.3. The predicted molar refractivity (Wildman–Crippen MR) is 62.5 cm³/mol. The van der Waals surface area contributed by atoms with E-state index in [-0.39, 0.29) is 5.91 Å². The Balaban J connectivity index is 3.21. The Morgan fingerprint density at radius 1 is 1.40 bits per heavy atom. The highest BCUT2D eigenvalue weighted by atomic mass is 16.1. The number of rotatable bonds is 8. The Morgan fingerprint density at radius 2 is 2.13 bits per heavy atom. The minimum atomic E-state index is 0.00935. The van der Waals surface area contributed by atoms with E-state index in [0.29, 0.717) is 13.1 Å². The van der Waals surface area contributed by atoms with Gasteiger partial charge in [0.25, 0.3) is 0 Å². The summed E-state index contributed by atoms with van der Waals surface area (Å²) in [6.07, 6.45) is 7.15. The summed E-state index contributed by atoms with van der Waals surface area (Å²) < 4.78 is 0. The van der Waals surface area contributed by atoms with Gasteiger partial charge in [-0.25, -0.2) is 0 Å². The van der Waals surface area contributed by atoms with Crippen molar-refractivity contribution in [2.75, 3.05) is 40.3 Å². The monoisotopic (exact) mass is 211 g/mol. The van der Waals surface area contributed by atoms with Gasteiger partial charge in [-0.05, 0) is 33.5 Å². The Hall–Kier alpha value is -1.05. The maximum Gasteiger partial charge on any atom is 0.233 e. The molecular weight excluding hydrogens is 190 g/mol. The molecule has 0 heterocycles. The normalized spacial score (nSPS) is 10.0. The van der Waals surface area contributed by atoms with E-state index in [0.717, 1.165) is 25.9 Å². The lowest BCUT2D eigenvalue weighted by Gasteiger charge is -2.09. The van der Waals surface area contributed by atoms with Gasteiger partial charge >= 0.3 is 0 Å². The topological polar surface area (TPSA) is 44.4 Å². The molecule has 0 bridgehead atoms. The van der Waals surface area contributed by atoms with Gasteiger partial charge in [0.15, 0.2) is 0 Å². The van der Waals surface area contributed by atoms with Gasteiger partial charge in [-0.15, -0.1) is 6.42 Å². The van der Waals surface area contributed by atoms with Crippen LogP contribution in [0, 0.1) is 12.3 Å². The molecule has 0 saturated heterocycles. The van der Waals surface area contributed by atoms with Crippen LogP contribution in [0.3, 0.4) is 0 Å². The van der Waals surface area contributed by atoms with Crippen molar-refractivity contribution >= 4 is 5.91 Å². The molecule has 0 saturated carbocycles. The van der Waals surface area contributed by atoms with Crippen molar-refractivity contribution in [3.8, 4) is 12.3 Å². The van der Waals surface area contributed by atoms with Gasteiger partial charge in [0, 0.05) is 6.54 Å². The molecule has 0 aliphatic heterocycles. The van der Waals surface area contributed by atoms with E-state index in [1.54, 1.807) is 0 Å². The predicted octanol–water partition coefficient (Wildman–Crippen LogP) is -0.333. The van der Waals surface area contributed by atoms with Gasteiger partial charge in [-0.3, -0.25) is 10.1 Å². The first-order valence-electron chi connectivity index (χ1n) is 5.22. The molecule has 0 radical (unpaired) electrons. The molecule has 0 unspecified atom stereocenters. The van der Waals surface area contributed by atoms with Crippen LogP contribution >= 0.6 is 0 Å². The molecular formula is C11H21N3O. The van der Waals surface area contributed by atoms with Crippen LogP contribution in [0.25, 0.3) is 0 Å². The molecule has 0 aliphatic carbocycles. The van der Waals surface area contributed by atoms with Gasteiger partial charge in [-0.2, -0.15) is 0 Å². The first-order chi connectivity index (χ1) is 7.16. The molecule has 0 spiro atoms. The van der Waals surface area contributed by atoms with E-state index in [1.165, 1.54) is 0 Å². The van der Waals surface area contributed by atoms with Crippen molar-refractivity contribution in [3.63, 3.8) is 0 Å². The lowest BCUT2D eigenvalue weighted by Crippen LogP contribution is -2.34. The molecule has 0 rings (SSSR count). The minimum Gasteiger partial charge on any atom is -0.355 e. The second-order valence-corrected chi connectivity index (χ2v) is 3.67. The van der Waals surface area contributed by atoms with E-state index in [1.807, 2.05) is 14.1 Å². The highest BCUT2D eigenvalue weighted by molar-refractivity contribution is 5.77. The third kappa shape index (κ3) is 10.9. The maximum absolute atomic E-state index is 11.2. The van der Waals surface area contributed by atoms with E-state index in [2.05, 4.69) is 21.5 Å². The lowest BCUT2D eigenvalue weighted by molar-refractivity contribution is -0.120. The zero-order chi connectivity index (χ0) is 11.5. The summed E-state index contributed by atoms with van der Waals surface area (Å²) in [6.45, 7) is 2.54. The number of carbonyl (C=O) groups excluding carboxylic acids is 1. The standard InChI is InChI=1S/C11H21N3O/c1-4-7-12-10-11(15)13-8-5-6-9-14(2)3/h1,12H,5-10H2,2-3H3,(H,13,15). The number of carbonyl (C=O) groups is 1. The van der Waals surface area contributed by atoms with Gasteiger partial charge in [0.1, 0.15) is 0 Å². The fourth-order valence-corrected chi connectivity index (χ4v) is 1.09. The van der Waals surface area contributed by atoms with Gasteiger partial charge < -0.3 is 10.2 Å². The van der Waals surface area contributed by atoms with Crippen LogP contribution in [0.1, 0.15) is 12.8 Å². The molecule has 0 aromatic rings. The van der Waals surface area contributed by atoms with Gasteiger partial charge in [-0.1, -0.05) is 5.92 Å². The Morgan fingerprint density at radius 3 is 2.73 bits per heavy atom. The number of hydrogen-bond acceptors (Lipinski definition) is 3. The van der Waals surface area contributed by atoms with E-state index < -0.39 is 0 Å². The van der Waals surface area contributed by atoms with Gasteiger partial charge in [0.05, 0.1) is 13.1 Å². The number of amides is 1. The molecule has 2 N–H and O–H groups in total. The molecule has 1 amide bonds. The smallest absolute Gasteiger partial charge is 0.233 e. The second kappa shape index (κ2) is 9.50. The summed E-state index contributed by atoms with van der Waals surface area (Å²) in [5, 5.41) is 5.66. The van der Waals surface area contributed by atoms with Crippen molar-refractivity contribution in [2.24, 2.45) is 0 Å². The molecule has 86 valence electrons. The molecule has 15 heavy (non-hydrogen) atoms. The zero-order valence-corrected chi connectivity index (χ0v) is 9.68. The van der Waals surface area contributed by atoms with Crippen LogP contribution in [-0.4, -0.2) is 51.1 Å². The third-order valence-corrected chi connectivity index (χ3v) is 1.87. The van der Waals surface area contributed by atoms with Crippen molar-refractivity contribution in [1.82, 2.24) is 15.5 Å². The summed E-state index contributed by atoms with van der Waals surface area (Å²) in [7, 11) is 4.09. The minimum absolute atomic E-state index is 0.00935. The van der Waals surface area contributed by atoms with Crippen LogP contribution < -0.4 is 10.6 Å².